The van der Waals surface area contributed by atoms with E-state index in [2.05, 4.69) is 15.3 Å². The van der Waals surface area contributed by atoms with Gasteiger partial charge in [-0.3, -0.25) is 9.78 Å². The Morgan fingerprint density at radius 1 is 1.03 bits per heavy atom. The molecule has 0 saturated heterocycles. The largest absolute Gasteiger partial charge is 0.493 e. The summed E-state index contributed by atoms with van der Waals surface area (Å²) in [6.07, 6.45) is 3.39. The maximum atomic E-state index is 12.4. The van der Waals surface area contributed by atoms with Gasteiger partial charge in [0.25, 0.3) is 5.91 Å². The minimum atomic E-state index is -0.223. The molecule has 4 aromatic rings. The number of methoxy groups -OCH3 is 1. The Labute approximate surface area is 194 Å². The van der Waals surface area contributed by atoms with Crippen LogP contribution in [0.5, 0.6) is 11.5 Å². The van der Waals surface area contributed by atoms with Gasteiger partial charge in [0.1, 0.15) is 17.3 Å². The van der Waals surface area contributed by atoms with E-state index in [9.17, 15) is 4.79 Å². The summed E-state index contributed by atoms with van der Waals surface area (Å²) < 4.78 is 11.4. The summed E-state index contributed by atoms with van der Waals surface area (Å²) in [5.41, 5.74) is 3.20. The van der Waals surface area contributed by atoms with E-state index in [0.29, 0.717) is 35.4 Å². The van der Waals surface area contributed by atoms with Crippen molar-refractivity contribution in [3.8, 4) is 22.1 Å². The van der Waals surface area contributed by atoms with Crippen LogP contribution in [0.2, 0.25) is 5.02 Å². The maximum Gasteiger partial charge on any atom is 0.271 e. The van der Waals surface area contributed by atoms with Crippen molar-refractivity contribution in [1.29, 1.82) is 0 Å². The van der Waals surface area contributed by atoms with E-state index in [1.54, 1.807) is 24.9 Å². The molecule has 1 amide bonds. The second kappa shape index (κ2) is 10.3. The summed E-state index contributed by atoms with van der Waals surface area (Å²) >= 11 is 7.32. The summed E-state index contributed by atoms with van der Waals surface area (Å²) in [6.45, 7) is 0.813. The molecule has 0 unspecified atom stereocenters. The Kier molecular flexibility index (Phi) is 6.99. The zero-order valence-electron chi connectivity index (χ0n) is 17.2. The number of hydrogen-bond acceptors (Lipinski definition) is 6. The van der Waals surface area contributed by atoms with Crippen LogP contribution in [0.1, 0.15) is 21.6 Å². The molecule has 1 N–H and O–H groups in total. The van der Waals surface area contributed by atoms with Crippen LogP contribution in [-0.4, -0.2) is 23.0 Å². The number of halogens is 1. The molecule has 2 aromatic carbocycles. The van der Waals surface area contributed by atoms with Gasteiger partial charge in [-0.05, 0) is 53.6 Å². The fraction of sp³-hybridized carbons (Fsp3) is 0.125. The fourth-order valence-electron chi connectivity index (χ4n) is 2.95. The number of carbonyl (C=O) groups is 1. The second-order valence-corrected chi connectivity index (χ2v) is 8.15. The molecule has 0 aliphatic heterocycles. The maximum absolute atomic E-state index is 12.4. The van der Waals surface area contributed by atoms with Crippen molar-refractivity contribution in [2.75, 3.05) is 7.11 Å². The van der Waals surface area contributed by atoms with Gasteiger partial charge in [-0.25, -0.2) is 4.98 Å². The molecular weight excluding hydrogens is 446 g/mol. The Balaban J connectivity index is 1.42. The van der Waals surface area contributed by atoms with Gasteiger partial charge in [-0.1, -0.05) is 23.7 Å². The highest BCUT2D eigenvalue weighted by molar-refractivity contribution is 7.13. The van der Waals surface area contributed by atoms with Crippen molar-refractivity contribution < 1.29 is 14.3 Å². The minimum absolute atomic E-state index is 0.223. The van der Waals surface area contributed by atoms with E-state index in [1.807, 2.05) is 54.6 Å². The van der Waals surface area contributed by atoms with E-state index < -0.39 is 0 Å². The lowest BCUT2D eigenvalue weighted by Crippen LogP contribution is -2.23. The Bertz CT molecular complexity index is 1200. The lowest BCUT2D eigenvalue weighted by atomic mass is 10.2. The molecule has 0 saturated carbocycles. The first-order valence-electron chi connectivity index (χ1n) is 9.80. The van der Waals surface area contributed by atoms with Crippen LogP contribution in [0, 0.1) is 0 Å². The Hall–Kier alpha value is -3.42. The number of carbonyl (C=O) groups excluding carboxylic acids is 1. The van der Waals surface area contributed by atoms with Gasteiger partial charge in [0, 0.05) is 34.9 Å². The smallest absolute Gasteiger partial charge is 0.271 e. The van der Waals surface area contributed by atoms with Crippen LogP contribution < -0.4 is 14.8 Å². The first-order valence-corrected chi connectivity index (χ1v) is 11.1. The topological polar surface area (TPSA) is 73.3 Å². The number of rotatable bonds is 8. The zero-order chi connectivity index (χ0) is 22.3. The summed E-state index contributed by atoms with van der Waals surface area (Å²) in [6, 6.07) is 16.8. The van der Waals surface area contributed by atoms with Crippen LogP contribution in [0.25, 0.3) is 10.6 Å². The molecular formula is C24H20ClN3O3S. The highest BCUT2D eigenvalue weighted by Crippen LogP contribution is 2.34. The molecule has 0 aliphatic rings. The lowest BCUT2D eigenvalue weighted by Gasteiger charge is -2.12. The summed E-state index contributed by atoms with van der Waals surface area (Å²) in [7, 11) is 1.59. The first kappa shape index (κ1) is 21.8. The molecule has 8 heteroatoms. The molecule has 4 rings (SSSR count). The van der Waals surface area contributed by atoms with Gasteiger partial charge in [-0.15, -0.1) is 11.3 Å². The SMILES string of the molecule is COc1cc(-c2nc(C(=O)NCc3ccncc3)cs2)ccc1OCc1ccc(Cl)cc1. The quantitative estimate of drug-likeness (QED) is 0.378. The summed E-state index contributed by atoms with van der Waals surface area (Å²) in [5, 5.41) is 6.03. The fourth-order valence-corrected chi connectivity index (χ4v) is 3.87. The standard InChI is InChI=1S/C24H20ClN3O3S/c1-30-22-12-18(4-7-21(22)31-14-17-2-5-19(25)6-3-17)24-28-20(15-32-24)23(29)27-13-16-8-10-26-11-9-16/h2-12,15H,13-14H2,1H3,(H,27,29). The molecule has 32 heavy (non-hydrogen) atoms. The normalized spacial score (nSPS) is 10.6. The summed E-state index contributed by atoms with van der Waals surface area (Å²) in [5.74, 6) is 0.993. The molecule has 0 spiro atoms. The number of nitrogens with one attached hydrogen (secondary N) is 1. The Morgan fingerprint density at radius 2 is 1.81 bits per heavy atom. The van der Waals surface area contributed by atoms with E-state index >= 15 is 0 Å². The predicted octanol–water partition coefficient (Wildman–Crippen LogP) is 5.38. The molecule has 0 fully saturated rings. The lowest BCUT2D eigenvalue weighted by molar-refractivity contribution is 0.0946. The highest BCUT2D eigenvalue weighted by Gasteiger charge is 2.14. The number of nitrogens with zero attached hydrogens (tertiary/aromatic N) is 2. The molecule has 6 nitrogen and oxygen atoms in total. The van der Waals surface area contributed by atoms with Gasteiger partial charge in [0.2, 0.25) is 0 Å². The number of pyridine rings is 1. The average molecular weight is 466 g/mol. The Morgan fingerprint density at radius 3 is 2.56 bits per heavy atom. The van der Waals surface area contributed by atoms with E-state index in [4.69, 9.17) is 21.1 Å². The third-order valence-corrected chi connectivity index (χ3v) is 5.80. The number of amides is 1. The van der Waals surface area contributed by atoms with E-state index in [0.717, 1.165) is 21.7 Å². The first-order chi connectivity index (χ1) is 15.6. The summed E-state index contributed by atoms with van der Waals surface area (Å²) in [4.78, 5) is 20.9. The minimum Gasteiger partial charge on any atom is -0.493 e. The third-order valence-electron chi connectivity index (χ3n) is 4.66. The average Bonchev–Trinajstić information content (AvgIpc) is 3.33. The number of benzene rings is 2. The van der Waals surface area contributed by atoms with Crippen molar-refractivity contribution in [1.82, 2.24) is 15.3 Å². The molecule has 0 aliphatic carbocycles. The van der Waals surface area contributed by atoms with Crippen molar-refractivity contribution in [3.63, 3.8) is 0 Å². The van der Waals surface area contributed by atoms with Gasteiger partial charge in [0.15, 0.2) is 11.5 Å². The molecule has 2 aromatic heterocycles. The van der Waals surface area contributed by atoms with Crippen molar-refractivity contribution in [3.05, 3.63) is 94.2 Å². The zero-order valence-corrected chi connectivity index (χ0v) is 18.8. The van der Waals surface area contributed by atoms with Crippen LogP contribution in [0.3, 0.4) is 0 Å². The number of aromatic nitrogens is 2. The molecule has 0 atom stereocenters. The molecule has 0 radical (unpaired) electrons. The van der Waals surface area contributed by atoms with Crippen molar-refractivity contribution in [2.45, 2.75) is 13.2 Å². The molecule has 0 bridgehead atoms. The number of hydrogen-bond donors (Lipinski definition) is 1. The number of thiazole rings is 1. The third kappa shape index (κ3) is 5.43. The highest BCUT2D eigenvalue weighted by atomic mass is 35.5. The molecule has 2 heterocycles. The van der Waals surface area contributed by atoms with E-state index in [-0.39, 0.29) is 5.91 Å². The van der Waals surface area contributed by atoms with Gasteiger partial charge < -0.3 is 14.8 Å². The second-order valence-electron chi connectivity index (χ2n) is 6.86. The van der Waals surface area contributed by atoms with Crippen molar-refractivity contribution >= 4 is 28.8 Å². The van der Waals surface area contributed by atoms with Crippen LogP contribution in [0.15, 0.2) is 72.4 Å². The van der Waals surface area contributed by atoms with Crippen molar-refractivity contribution in [2.24, 2.45) is 0 Å². The monoisotopic (exact) mass is 465 g/mol. The number of ether oxygens (including phenoxy) is 2. The van der Waals surface area contributed by atoms with E-state index in [1.165, 1.54) is 11.3 Å². The van der Waals surface area contributed by atoms with Crippen LogP contribution in [0.4, 0.5) is 0 Å². The van der Waals surface area contributed by atoms with Gasteiger partial charge >= 0.3 is 0 Å². The molecule has 162 valence electrons. The van der Waals surface area contributed by atoms with Gasteiger partial charge in [-0.2, -0.15) is 0 Å². The van der Waals surface area contributed by atoms with Gasteiger partial charge in [0.05, 0.1) is 7.11 Å². The predicted molar refractivity (Wildman–Crippen MR) is 125 cm³/mol. The van der Waals surface area contributed by atoms with Crippen LogP contribution in [-0.2, 0) is 13.2 Å². The van der Waals surface area contributed by atoms with Crippen LogP contribution >= 0.6 is 22.9 Å².